The molecular formula is C18H23N5O. The molecule has 0 unspecified atom stereocenters. The van der Waals surface area contributed by atoms with Gasteiger partial charge in [0.15, 0.2) is 5.65 Å². The maximum Gasteiger partial charge on any atom is 0.165 e. The zero-order chi connectivity index (χ0) is 15.5. The van der Waals surface area contributed by atoms with Crippen LogP contribution in [0.3, 0.4) is 0 Å². The van der Waals surface area contributed by atoms with Crippen LogP contribution >= 0.6 is 0 Å². The number of fused-ring (bicyclic) bond motifs is 4. The fourth-order valence-electron chi connectivity index (χ4n) is 2.72. The lowest BCUT2D eigenvalue weighted by Gasteiger charge is -2.08. The third kappa shape index (κ3) is 3.33. The van der Waals surface area contributed by atoms with Gasteiger partial charge in [0.25, 0.3) is 0 Å². The van der Waals surface area contributed by atoms with Gasteiger partial charge in [0.1, 0.15) is 18.2 Å². The fraction of sp³-hybridized carbons (Fsp3) is 0.333. The van der Waals surface area contributed by atoms with Crippen molar-refractivity contribution in [1.82, 2.24) is 19.9 Å². The highest BCUT2D eigenvalue weighted by Gasteiger charge is 2.10. The smallest absolute Gasteiger partial charge is 0.165 e. The molecule has 3 heterocycles. The van der Waals surface area contributed by atoms with Gasteiger partial charge >= 0.3 is 0 Å². The van der Waals surface area contributed by atoms with Gasteiger partial charge in [-0.05, 0) is 36.7 Å². The Labute approximate surface area is 141 Å². The summed E-state index contributed by atoms with van der Waals surface area (Å²) in [6, 6.07) is 10.0. The molecule has 2 aromatic heterocycles. The van der Waals surface area contributed by atoms with Gasteiger partial charge in [-0.3, -0.25) is 0 Å². The lowest BCUT2D eigenvalue weighted by molar-refractivity contribution is 0.314. The lowest BCUT2D eigenvalue weighted by atomic mass is 10.1. The Morgan fingerprint density at radius 1 is 1.12 bits per heavy atom. The Kier molecular flexibility index (Phi) is 4.96. The van der Waals surface area contributed by atoms with Crippen molar-refractivity contribution in [3.05, 3.63) is 42.7 Å². The molecule has 1 aliphatic heterocycles. The van der Waals surface area contributed by atoms with Crippen molar-refractivity contribution in [3.63, 3.8) is 0 Å². The summed E-state index contributed by atoms with van der Waals surface area (Å²) in [5.74, 6) is 1.74. The summed E-state index contributed by atoms with van der Waals surface area (Å²) in [5.41, 5.74) is 2.91. The molecular weight excluding hydrogens is 302 g/mol. The van der Waals surface area contributed by atoms with E-state index < -0.39 is 0 Å². The molecule has 4 bridgehead atoms. The first-order chi connectivity index (χ1) is 11.4. The first-order valence-electron chi connectivity index (χ1n) is 7.92. The van der Waals surface area contributed by atoms with E-state index in [0.29, 0.717) is 6.61 Å². The maximum atomic E-state index is 5.82. The van der Waals surface area contributed by atoms with E-state index in [2.05, 4.69) is 21.8 Å². The van der Waals surface area contributed by atoms with Crippen LogP contribution in [0.1, 0.15) is 13.8 Å². The zero-order valence-corrected chi connectivity index (χ0v) is 12.8. The van der Waals surface area contributed by atoms with Crippen LogP contribution in [0.25, 0.3) is 16.8 Å². The van der Waals surface area contributed by atoms with Crippen LogP contribution < -0.4 is 15.4 Å². The number of benzene rings is 1. The van der Waals surface area contributed by atoms with E-state index in [4.69, 9.17) is 9.72 Å². The van der Waals surface area contributed by atoms with Crippen LogP contribution in [0, 0.1) is 0 Å². The van der Waals surface area contributed by atoms with E-state index in [9.17, 15) is 0 Å². The molecule has 1 aliphatic rings. The summed E-state index contributed by atoms with van der Waals surface area (Å²) in [6.45, 7) is 3.34. The largest absolute Gasteiger partial charge is 0.492 e. The fourth-order valence-corrected chi connectivity index (χ4v) is 2.72. The molecule has 1 aromatic carbocycles. The zero-order valence-electron chi connectivity index (χ0n) is 12.8. The molecule has 126 valence electrons. The van der Waals surface area contributed by atoms with Crippen molar-refractivity contribution in [3.8, 4) is 16.9 Å². The highest BCUT2D eigenvalue weighted by Crippen LogP contribution is 2.27. The van der Waals surface area contributed by atoms with Gasteiger partial charge in [-0.2, -0.15) is 5.10 Å². The molecule has 0 spiro atoms. The van der Waals surface area contributed by atoms with Gasteiger partial charge in [0, 0.05) is 24.8 Å². The van der Waals surface area contributed by atoms with E-state index in [1.54, 1.807) is 4.52 Å². The number of hydrogen-bond acceptors (Lipinski definition) is 5. The molecule has 2 N–H and O–H groups in total. The first-order valence-corrected chi connectivity index (χ1v) is 7.92. The minimum atomic E-state index is 0. The van der Waals surface area contributed by atoms with E-state index in [0.717, 1.165) is 54.4 Å². The Morgan fingerprint density at radius 2 is 2.08 bits per heavy atom. The normalized spacial score (nSPS) is 14.8. The monoisotopic (exact) mass is 325 g/mol. The topological polar surface area (TPSA) is 63.5 Å². The van der Waals surface area contributed by atoms with Crippen LogP contribution in [0.4, 0.5) is 5.82 Å². The van der Waals surface area contributed by atoms with Crippen molar-refractivity contribution in [1.29, 1.82) is 0 Å². The van der Waals surface area contributed by atoms with E-state index in [1.165, 1.54) is 0 Å². The average molecular weight is 325 g/mol. The van der Waals surface area contributed by atoms with Crippen LogP contribution in [-0.4, -0.2) is 40.8 Å². The Bertz CT molecular complexity index is 814. The van der Waals surface area contributed by atoms with Crippen molar-refractivity contribution < 1.29 is 4.74 Å². The van der Waals surface area contributed by atoms with Crippen molar-refractivity contribution >= 4 is 11.5 Å². The van der Waals surface area contributed by atoms with Gasteiger partial charge in [-0.15, -0.1) is 0 Å². The highest BCUT2D eigenvalue weighted by molar-refractivity contribution is 5.78. The second-order valence-corrected chi connectivity index (χ2v) is 5.55. The van der Waals surface area contributed by atoms with Gasteiger partial charge < -0.3 is 15.4 Å². The molecule has 0 amide bonds. The number of rotatable bonds is 0. The Balaban J connectivity index is 0.00000169. The number of nitrogens with one attached hydrogen (secondary N) is 2. The third-order valence-electron chi connectivity index (χ3n) is 3.90. The van der Waals surface area contributed by atoms with Crippen LogP contribution in [-0.2, 0) is 0 Å². The van der Waals surface area contributed by atoms with Crippen molar-refractivity contribution in [2.24, 2.45) is 0 Å². The summed E-state index contributed by atoms with van der Waals surface area (Å²) in [6.07, 6.45) is 4.82. The lowest BCUT2D eigenvalue weighted by Crippen LogP contribution is -2.23. The molecule has 0 aliphatic carbocycles. The SMILES string of the molecule is C.c1cc2cc(c1)-c1cnn3ccc(nc13)NCCCNCCO2. The van der Waals surface area contributed by atoms with Crippen LogP contribution in [0.2, 0.25) is 0 Å². The molecule has 0 saturated carbocycles. The average Bonchev–Trinajstić information content (AvgIpc) is 3.00. The molecule has 0 radical (unpaired) electrons. The number of aromatic nitrogens is 3. The highest BCUT2D eigenvalue weighted by atomic mass is 16.5. The van der Waals surface area contributed by atoms with Gasteiger partial charge in [0.2, 0.25) is 0 Å². The molecule has 6 nitrogen and oxygen atoms in total. The molecule has 24 heavy (non-hydrogen) atoms. The standard InChI is InChI=1S/C17H19N5O.CH4/c1-3-13-11-14(4-1)23-10-8-18-6-2-7-19-16-5-9-22-17(21-16)15(13)12-20-22;/h1,3-5,9,11-12,18H,2,6-8,10H2,(H,19,21);1H4. The second-order valence-electron chi connectivity index (χ2n) is 5.55. The number of hydrogen-bond donors (Lipinski definition) is 2. The Morgan fingerprint density at radius 3 is 3.04 bits per heavy atom. The quantitative estimate of drug-likeness (QED) is 0.665. The van der Waals surface area contributed by atoms with Gasteiger partial charge in [-0.25, -0.2) is 9.50 Å². The van der Waals surface area contributed by atoms with Gasteiger partial charge in [0.05, 0.1) is 6.20 Å². The second kappa shape index (κ2) is 7.31. The van der Waals surface area contributed by atoms with E-state index in [1.807, 2.05) is 36.7 Å². The summed E-state index contributed by atoms with van der Waals surface area (Å²) < 4.78 is 7.62. The van der Waals surface area contributed by atoms with Crippen molar-refractivity contribution in [2.45, 2.75) is 13.8 Å². The summed E-state index contributed by atoms with van der Waals surface area (Å²) in [5, 5.41) is 11.1. The summed E-state index contributed by atoms with van der Waals surface area (Å²) in [4.78, 5) is 4.71. The van der Waals surface area contributed by atoms with Crippen molar-refractivity contribution in [2.75, 3.05) is 31.6 Å². The minimum Gasteiger partial charge on any atom is -0.492 e. The molecule has 3 aromatic rings. The molecule has 0 fully saturated rings. The van der Waals surface area contributed by atoms with E-state index in [-0.39, 0.29) is 7.43 Å². The molecule has 6 heteroatoms. The molecule has 0 atom stereocenters. The van der Waals surface area contributed by atoms with Crippen LogP contribution in [0.5, 0.6) is 5.75 Å². The predicted molar refractivity (Wildman–Crippen MR) is 96.6 cm³/mol. The Hall–Kier alpha value is -2.60. The third-order valence-corrected chi connectivity index (χ3v) is 3.90. The number of anilines is 1. The summed E-state index contributed by atoms with van der Waals surface area (Å²) in [7, 11) is 0. The van der Waals surface area contributed by atoms with E-state index >= 15 is 0 Å². The number of ether oxygens (including phenoxy) is 1. The molecule has 4 rings (SSSR count). The van der Waals surface area contributed by atoms with Gasteiger partial charge in [-0.1, -0.05) is 19.6 Å². The van der Waals surface area contributed by atoms with Crippen LogP contribution in [0.15, 0.2) is 42.7 Å². The predicted octanol–water partition coefficient (Wildman–Crippen LogP) is 2.82. The minimum absolute atomic E-state index is 0. The molecule has 0 saturated heterocycles. The first kappa shape index (κ1) is 16.3. The maximum absolute atomic E-state index is 5.82. The summed E-state index contributed by atoms with van der Waals surface area (Å²) >= 11 is 0. The number of nitrogens with zero attached hydrogens (tertiary/aromatic N) is 3.